The Morgan fingerprint density at radius 2 is 1.96 bits per heavy atom. The van der Waals surface area contributed by atoms with Gasteiger partial charge in [0, 0.05) is 12.6 Å². The molecule has 4 nitrogen and oxygen atoms in total. The van der Waals surface area contributed by atoms with Crippen LogP contribution in [0, 0.1) is 5.82 Å². The number of carbonyl (C=O) groups excluding carboxylic acids is 1. The summed E-state index contributed by atoms with van der Waals surface area (Å²) in [6, 6.07) is 9.72. The maximum atomic E-state index is 12.8. The Balaban J connectivity index is 1.54. The van der Waals surface area contributed by atoms with Gasteiger partial charge in [0.1, 0.15) is 19.0 Å². The number of halogens is 2. The van der Waals surface area contributed by atoms with E-state index in [0.717, 1.165) is 11.1 Å². The van der Waals surface area contributed by atoms with Crippen LogP contribution in [0.1, 0.15) is 11.1 Å². The molecule has 0 aromatic heterocycles. The summed E-state index contributed by atoms with van der Waals surface area (Å²) in [5.74, 6) is 0.630. The lowest BCUT2D eigenvalue weighted by atomic mass is 10.1. The Kier molecular flexibility index (Phi) is 5.56. The van der Waals surface area contributed by atoms with E-state index >= 15 is 0 Å². The molecule has 0 saturated carbocycles. The molecule has 0 spiro atoms. The molecule has 0 fully saturated rings. The molecular weight excluding hydrogens is 345 g/mol. The molecule has 25 heavy (non-hydrogen) atoms. The molecule has 130 valence electrons. The van der Waals surface area contributed by atoms with E-state index in [2.05, 4.69) is 5.32 Å². The highest BCUT2D eigenvalue weighted by Gasteiger charge is 2.15. The second kappa shape index (κ2) is 8.03. The van der Waals surface area contributed by atoms with E-state index < -0.39 is 0 Å². The molecule has 0 radical (unpaired) electrons. The van der Waals surface area contributed by atoms with Gasteiger partial charge in [-0.1, -0.05) is 23.7 Å². The first-order chi connectivity index (χ1) is 12.1. The molecule has 1 heterocycles. The second-order valence-corrected chi connectivity index (χ2v) is 5.93. The Morgan fingerprint density at radius 1 is 1.20 bits per heavy atom. The molecular formula is C19H17ClFNO3. The average Bonchev–Trinajstić information content (AvgIpc) is 2.62. The predicted molar refractivity (Wildman–Crippen MR) is 94.6 cm³/mol. The summed E-state index contributed by atoms with van der Waals surface area (Å²) in [4.78, 5) is 11.9. The van der Waals surface area contributed by atoms with Crippen LogP contribution in [0.4, 0.5) is 4.39 Å². The van der Waals surface area contributed by atoms with E-state index in [1.54, 1.807) is 30.3 Å². The second-order valence-electron chi connectivity index (χ2n) is 5.53. The van der Waals surface area contributed by atoms with Crippen LogP contribution in [0.5, 0.6) is 11.5 Å². The van der Waals surface area contributed by atoms with Crippen molar-refractivity contribution >= 4 is 23.6 Å². The normalized spacial score (nSPS) is 13.0. The largest absolute Gasteiger partial charge is 0.486 e. The van der Waals surface area contributed by atoms with E-state index in [4.69, 9.17) is 21.1 Å². The first-order valence-corrected chi connectivity index (χ1v) is 8.29. The number of hydrogen-bond donors (Lipinski definition) is 1. The quantitative estimate of drug-likeness (QED) is 0.827. The van der Waals surface area contributed by atoms with Crippen LogP contribution >= 0.6 is 11.6 Å². The standard InChI is InChI=1S/C19H17ClFNO3/c20-16-11-14(12-17-19(16)25-10-9-24-17)3-6-18(23)22-8-7-13-1-4-15(21)5-2-13/h1-6,11-12H,7-10H2,(H,22,23). The minimum atomic E-state index is -0.270. The van der Waals surface area contributed by atoms with Crippen molar-refractivity contribution in [1.82, 2.24) is 5.32 Å². The van der Waals surface area contributed by atoms with Gasteiger partial charge in [0.15, 0.2) is 11.5 Å². The molecule has 1 N–H and O–H groups in total. The summed E-state index contributed by atoms with van der Waals surface area (Å²) in [5, 5.41) is 3.24. The van der Waals surface area contributed by atoms with Gasteiger partial charge in [-0.25, -0.2) is 4.39 Å². The van der Waals surface area contributed by atoms with Crippen molar-refractivity contribution in [1.29, 1.82) is 0 Å². The Bertz CT molecular complexity index is 790. The average molecular weight is 362 g/mol. The van der Waals surface area contributed by atoms with Crippen LogP contribution in [0.25, 0.3) is 6.08 Å². The fraction of sp³-hybridized carbons (Fsp3) is 0.211. The van der Waals surface area contributed by atoms with Gasteiger partial charge < -0.3 is 14.8 Å². The monoisotopic (exact) mass is 361 g/mol. The minimum absolute atomic E-state index is 0.215. The lowest BCUT2D eigenvalue weighted by Crippen LogP contribution is -2.23. The fourth-order valence-corrected chi connectivity index (χ4v) is 2.71. The van der Waals surface area contributed by atoms with Gasteiger partial charge in [0.05, 0.1) is 5.02 Å². The number of benzene rings is 2. The van der Waals surface area contributed by atoms with Crippen LogP contribution in [-0.2, 0) is 11.2 Å². The van der Waals surface area contributed by atoms with E-state index in [0.29, 0.717) is 42.7 Å². The molecule has 0 aliphatic carbocycles. The van der Waals surface area contributed by atoms with Crippen molar-refractivity contribution in [2.75, 3.05) is 19.8 Å². The molecule has 2 aromatic rings. The fourth-order valence-electron chi connectivity index (χ4n) is 2.44. The third-order valence-electron chi connectivity index (χ3n) is 3.67. The van der Waals surface area contributed by atoms with E-state index in [1.165, 1.54) is 18.2 Å². The maximum Gasteiger partial charge on any atom is 0.244 e. The van der Waals surface area contributed by atoms with Gasteiger partial charge in [-0.2, -0.15) is 0 Å². The SMILES string of the molecule is O=C(C=Cc1cc(Cl)c2c(c1)OCCO2)NCCc1ccc(F)cc1. The smallest absolute Gasteiger partial charge is 0.244 e. The third kappa shape index (κ3) is 4.73. The Hall–Kier alpha value is -2.53. The Labute approximate surface area is 150 Å². The first kappa shape index (κ1) is 17.3. The maximum absolute atomic E-state index is 12.8. The number of nitrogens with one attached hydrogen (secondary N) is 1. The van der Waals surface area contributed by atoms with Gasteiger partial charge >= 0.3 is 0 Å². The van der Waals surface area contributed by atoms with Gasteiger partial charge in [-0.3, -0.25) is 4.79 Å². The van der Waals surface area contributed by atoms with Crippen molar-refractivity contribution in [3.63, 3.8) is 0 Å². The molecule has 3 rings (SSSR count). The van der Waals surface area contributed by atoms with Crippen molar-refractivity contribution in [3.8, 4) is 11.5 Å². The highest BCUT2D eigenvalue weighted by Crippen LogP contribution is 2.38. The molecule has 1 aliphatic heterocycles. The number of carbonyl (C=O) groups is 1. The zero-order valence-electron chi connectivity index (χ0n) is 13.4. The number of hydrogen-bond acceptors (Lipinski definition) is 3. The molecule has 1 amide bonds. The highest BCUT2D eigenvalue weighted by molar-refractivity contribution is 6.32. The predicted octanol–water partition coefficient (Wildman–Crippen LogP) is 3.62. The minimum Gasteiger partial charge on any atom is -0.486 e. The number of fused-ring (bicyclic) bond motifs is 1. The first-order valence-electron chi connectivity index (χ1n) is 7.91. The summed E-state index contributed by atoms with van der Waals surface area (Å²) in [6.07, 6.45) is 3.74. The summed E-state index contributed by atoms with van der Waals surface area (Å²) in [7, 11) is 0. The molecule has 0 saturated heterocycles. The summed E-state index contributed by atoms with van der Waals surface area (Å²) in [6.45, 7) is 1.41. The molecule has 0 bridgehead atoms. The summed E-state index contributed by atoms with van der Waals surface area (Å²) < 4.78 is 23.8. The van der Waals surface area contributed by atoms with Gasteiger partial charge in [-0.15, -0.1) is 0 Å². The topological polar surface area (TPSA) is 47.6 Å². The Morgan fingerprint density at radius 3 is 2.76 bits per heavy atom. The molecule has 6 heteroatoms. The van der Waals surface area contributed by atoms with Crippen LogP contribution in [0.3, 0.4) is 0 Å². The third-order valence-corrected chi connectivity index (χ3v) is 3.95. The van der Waals surface area contributed by atoms with E-state index in [1.807, 2.05) is 0 Å². The molecule has 1 aliphatic rings. The number of rotatable bonds is 5. The van der Waals surface area contributed by atoms with Crippen LogP contribution in [0.15, 0.2) is 42.5 Å². The van der Waals surface area contributed by atoms with Crippen LogP contribution in [-0.4, -0.2) is 25.7 Å². The van der Waals surface area contributed by atoms with E-state index in [9.17, 15) is 9.18 Å². The van der Waals surface area contributed by atoms with Gasteiger partial charge in [0.25, 0.3) is 0 Å². The van der Waals surface area contributed by atoms with Crippen molar-refractivity contribution < 1.29 is 18.7 Å². The highest BCUT2D eigenvalue weighted by atomic mass is 35.5. The van der Waals surface area contributed by atoms with Crippen molar-refractivity contribution in [2.24, 2.45) is 0 Å². The van der Waals surface area contributed by atoms with Gasteiger partial charge in [0.2, 0.25) is 5.91 Å². The van der Waals surface area contributed by atoms with Crippen molar-refractivity contribution in [3.05, 3.63) is 64.4 Å². The van der Waals surface area contributed by atoms with E-state index in [-0.39, 0.29) is 11.7 Å². The zero-order chi connectivity index (χ0) is 17.6. The van der Waals surface area contributed by atoms with Crippen molar-refractivity contribution in [2.45, 2.75) is 6.42 Å². The van der Waals surface area contributed by atoms with Gasteiger partial charge in [-0.05, 0) is 47.9 Å². The zero-order valence-corrected chi connectivity index (χ0v) is 14.2. The molecule has 0 atom stereocenters. The van der Waals surface area contributed by atoms with Crippen LogP contribution < -0.4 is 14.8 Å². The lowest BCUT2D eigenvalue weighted by molar-refractivity contribution is -0.116. The lowest BCUT2D eigenvalue weighted by Gasteiger charge is -2.19. The van der Waals surface area contributed by atoms with Crippen LogP contribution in [0.2, 0.25) is 5.02 Å². The molecule has 2 aromatic carbocycles. The number of amides is 1. The summed E-state index contributed by atoms with van der Waals surface area (Å²) in [5.41, 5.74) is 1.72. The number of ether oxygens (including phenoxy) is 2. The molecule has 0 unspecified atom stereocenters. The summed E-state index contributed by atoms with van der Waals surface area (Å²) >= 11 is 6.16.